The summed E-state index contributed by atoms with van der Waals surface area (Å²) in [6.07, 6.45) is 1.46. The Morgan fingerprint density at radius 2 is 2.18 bits per heavy atom. The third-order valence-electron chi connectivity index (χ3n) is 4.63. The monoisotopic (exact) mass is 307 g/mol. The zero-order valence-electron chi connectivity index (χ0n) is 13.0. The summed E-state index contributed by atoms with van der Waals surface area (Å²) in [4.78, 5) is 14.0. The van der Waals surface area contributed by atoms with Crippen LogP contribution < -0.4 is 4.74 Å². The lowest BCUT2D eigenvalue weighted by atomic mass is 9.84. The SMILES string of the molecule is CC1(C)Oc2ccc(CF)cc2[C@@H](N2CCCCC2=O)[C@@H]1O. The molecule has 1 aromatic carbocycles. The van der Waals surface area contributed by atoms with Crippen LogP contribution in [0, 0.1) is 0 Å². The van der Waals surface area contributed by atoms with Crippen molar-refractivity contribution in [2.75, 3.05) is 6.54 Å². The number of aliphatic hydroxyl groups excluding tert-OH is 1. The lowest BCUT2D eigenvalue weighted by molar-refractivity contribution is -0.147. The Morgan fingerprint density at radius 1 is 1.41 bits per heavy atom. The van der Waals surface area contributed by atoms with Crippen molar-refractivity contribution in [3.05, 3.63) is 29.3 Å². The third kappa shape index (κ3) is 2.47. The lowest BCUT2D eigenvalue weighted by Gasteiger charge is -2.47. The molecule has 1 N–H and O–H groups in total. The molecule has 1 saturated heterocycles. The molecule has 120 valence electrons. The molecule has 2 atom stereocenters. The van der Waals surface area contributed by atoms with Crippen LogP contribution in [-0.4, -0.2) is 34.2 Å². The lowest BCUT2D eigenvalue weighted by Crippen LogP contribution is -2.55. The van der Waals surface area contributed by atoms with Gasteiger partial charge in [0.1, 0.15) is 24.1 Å². The van der Waals surface area contributed by atoms with Gasteiger partial charge < -0.3 is 14.7 Å². The molecule has 0 aliphatic carbocycles. The van der Waals surface area contributed by atoms with E-state index in [0.29, 0.717) is 29.8 Å². The molecule has 0 radical (unpaired) electrons. The summed E-state index contributed by atoms with van der Waals surface area (Å²) in [5.41, 5.74) is 0.438. The Labute approximate surface area is 129 Å². The summed E-state index contributed by atoms with van der Waals surface area (Å²) < 4.78 is 18.9. The normalized spacial score (nSPS) is 27.3. The number of rotatable bonds is 2. The highest BCUT2D eigenvalue weighted by Crippen LogP contribution is 2.44. The van der Waals surface area contributed by atoms with Crippen molar-refractivity contribution in [3.8, 4) is 5.75 Å². The molecule has 0 saturated carbocycles. The molecular weight excluding hydrogens is 285 g/mol. The summed E-state index contributed by atoms with van der Waals surface area (Å²) >= 11 is 0. The number of fused-ring (bicyclic) bond motifs is 1. The first kappa shape index (κ1) is 15.3. The van der Waals surface area contributed by atoms with Crippen LogP contribution in [0.25, 0.3) is 0 Å². The minimum Gasteiger partial charge on any atom is -0.485 e. The summed E-state index contributed by atoms with van der Waals surface area (Å²) in [5.74, 6) is 0.667. The molecule has 4 nitrogen and oxygen atoms in total. The molecule has 5 heteroatoms. The number of carbonyl (C=O) groups is 1. The minimum atomic E-state index is -0.850. The smallest absolute Gasteiger partial charge is 0.223 e. The maximum atomic E-state index is 13.0. The number of halogens is 1. The molecule has 22 heavy (non-hydrogen) atoms. The van der Waals surface area contributed by atoms with Crippen LogP contribution in [0.4, 0.5) is 4.39 Å². The van der Waals surface area contributed by atoms with E-state index >= 15 is 0 Å². The molecule has 3 rings (SSSR count). The van der Waals surface area contributed by atoms with E-state index in [1.807, 2.05) is 13.8 Å². The number of benzene rings is 1. The number of aliphatic hydroxyl groups is 1. The van der Waals surface area contributed by atoms with E-state index in [2.05, 4.69) is 0 Å². The number of alkyl halides is 1. The van der Waals surface area contributed by atoms with E-state index < -0.39 is 24.4 Å². The molecule has 2 aliphatic heterocycles. The van der Waals surface area contributed by atoms with E-state index in [9.17, 15) is 14.3 Å². The van der Waals surface area contributed by atoms with Crippen LogP contribution >= 0.6 is 0 Å². The first-order chi connectivity index (χ1) is 10.4. The van der Waals surface area contributed by atoms with Gasteiger partial charge in [-0.05, 0) is 44.4 Å². The number of hydrogen-bond acceptors (Lipinski definition) is 3. The fourth-order valence-corrected chi connectivity index (χ4v) is 3.36. The molecule has 2 heterocycles. The van der Waals surface area contributed by atoms with Crippen LogP contribution in [0.2, 0.25) is 0 Å². The topological polar surface area (TPSA) is 49.8 Å². The van der Waals surface area contributed by atoms with Gasteiger partial charge in [0.05, 0.1) is 6.04 Å². The van der Waals surface area contributed by atoms with Gasteiger partial charge in [0, 0.05) is 18.5 Å². The van der Waals surface area contributed by atoms with Gasteiger partial charge in [-0.2, -0.15) is 0 Å². The zero-order chi connectivity index (χ0) is 15.9. The van der Waals surface area contributed by atoms with Crippen LogP contribution in [0.3, 0.4) is 0 Å². The van der Waals surface area contributed by atoms with Gasteiger partial charge in [0.2, 0.25) is 5.91 Å². The van der Waals surface area contributed by atoms with Crippen molar-refractivity contribution in [1.29, 1.82) is 0 Å². The molecule has 0 aromatic heterocycles. The fourth-order valence-electron chi connectivity index (χ4n) is 3.36. The quantitative estimate of drug-likeness (QED) is 0.914. The first-order valence-electron chi connectivity index (χ1n) is 7.79. The van der Waals surface area contributed by atoms with Crippen molar-refractivity contribution in [1.82, 2.24) is 4.90 Å². The van der Waals surface area contributed by atoms with Gasteiger partial charge in [-0.3, -0.25) is 4.79 Å². The van der Waals surface area contributed by atoms with Crippen LogP contribution in [0.5, 0.6) is 5.75 Å². The number of amides is 1. The van der Waals surface area contributed by atoms with Gasteiger partial charge in [-0.25, -0.2) is 4.39 Å². The number of piperidine rings is 1. The number of ether oxygens (including phenoxy) is 1. The predicted molar refractivity (Wildman–Crippen MR) is 80.3 cm³/mol. The zero-order valence-corrected chi connectivity index (χ0v) is 13.0. The fraction of sp³-hybridized carbons (Fsp3) is 0.588. The summed E-state index contributed by atoms with van der Waals surface area (Å²) in [7, 11) is 0. The van der Waals surface area contributed by atoms with Crippen molar-refractivity contribution in [2.45, 2.75) is 57.5 Å². The van der Waals surface area contributed by atoms with Gasteiger partial charge in [-0.1, -0.05) is 6.07 Å². The third-order valence-corrected chi connectivity index (χ3v) is 4.63. The largest absolute Gasteiger partial charge is 0.485 e. The highest BCUT2D eigenvalue weighted by atomic mass is 19.1. The van der Waals surface area contributed by atoms with Crippen LogP contribution in [0.15, 0.2) is 18.2 Å². The van der Waals surface area contributed by atoms with Crippen molar-refractivity contribution < 1.29 is 19.0 Å². The minimum absolute atomic E-state index is 0.0459. The van der Waals surface area contributed by atoms with E-state index in [0.717, 1.165) is 12.8 Å². The number of carbonyl (C=O) groups excluding carboxylic acids is 1. The maximum Gasteiger partial charge on any atom is 0.223 e. The Morgan fingerprint density at radius 3 is 2.86 bits per heavy atom. The Kier molecular flexibility index (Phi) is 3.85. The Balaban J connectivity index is 2.08. The highest BCUT2D eigenvalue weighted by molar-refractivity contribution is 5.77. The molecule has 0 unspecified atom stereocenters. The van der Waals surface area contributed by atoms with Crippen molar-refractivity contribution >= 4 is 5.91 Å². The van der Waals surface area contributed by atoms with E-state index in [-0.39, 0.29) is 5.91 Å². The average molecular weight is 307 g/mol. The Hall–Kier alpha value is -1.62. The van der Waals surface area contributed by atoms with Crippen LogP contribution in [-0.2, 0) is 11.5 Å². The van der Waals surface area contributed by atoms with E-state index in [4.69, 9.17) is 4.74 Å². The van der Waals surface area contributed by atoms with Gasteiger partial charge >= 0.3 is 0 Å². The van der Waals surface area contributed by atoms with Crippen molar-refractivity contribution in [2.24, 2.45) is 0 Å². The molecular formula is C17H22FNO3. The number of nitrogens with zero attached hydrogens (tertiary/aromatic N) is 1. The number of hydrogen-bond donors (Lipinski definition) is 1. The molecule has 0 bridgehead atoms. The highest BCUT2D eigenvalue weighted by Gasteiger charge is 2.46. The van der Waals surface area contributed by atoms with Gasteiger partial charge in [0.25, 0.3) is 0 Å². The standard InChI is InChI=1S/C17H22FNO3/c1-17(2)16(21)15(19-8-4-3-5-14(19)20)12-9-11(10-18)6-7-13(12)22-17/h6-7,9,15-16,21H,3-5,8,10H2,1-2H3/t15-,16+/m1/s1. The summed E-state index contributed by atoms with van der Waals surface area (Å²) in [6, 6.07) is 4.65. The average Bonchev–Trinajstić information content (AvgIpc) is 2.49. The molecule has 1 amide bonds. The second kappa shape index (κ2) is 5.54. The maximum absolute atomic E-state index is 13.0. The van der Waals surface area contributed by atoms with Gasteiger partial charge in [0.15, 0.2) is 0 Å². The molecule has 0 spiro atoms. The summed E-state index contributed by atoms with van der Waals surface area (Å²) in [6.45, 7) is 3.67. The summed E-state index contributed by atoms with van der Waals surface area (Å²) in [5, 5.41) is 10.8. The second-order valence-electron chi connectivity index (χ2n) is 6.65. The second-order valence-corrected chi connectivity index (χ2v) is 6.65. The Bertz CT molecular complexity index is 587. The van der Waals surface area contributed by atoms with E-state index in [1.165, 1.54) is 0 Å². The predicted octanol–water partition coefficient (Wildman–Crippen LogP) is 2.74. The van der Waals surface area contributed by atoms with Crippen molar-refractivity contribution in [3.63, 3.8) is 0 Å². The van der Waals surface area contributed by atoms with Crippen LogP contribution in [0.1, 0.15) is 50.3 Å². The first-order valence-corrected chi connectivity index (χ1v) is 7.79. The number of likely N-dealkylation sites (tertiary alicyclic amines) is 1. The molecule has 1 fully saturated rings. The molecule has 1 aromatic rings. The van der Waals surface area contributed by atoms with E-state index in [1.54, 1.807) is 23.1 Å². The molecule has 2 aliphatic rings. The van der Waals surface area contributed by atoms with Gasteiger partial charge in [-0.15, -0.1) is 0 Å².